The van der Waals surface area contributed by atoms with Gasteiger partial charge in [0.05, 0.1) is 24.9 Å². The molecule has 0 aromatic rings. The van der Waals surface area contributed by atoms with Crippen LogP contribution in [0.4, 0.5) is 0 Å². The highest BCUT2D eigenvalue weighted by Gasteiger charge is 2.68. The molecule has 3 aliphatic heterocycles. The summed E-state index contributed by atoms with van der Waals surface area (Å²) in [4.78, 5) is 11.9. The third-order valence-electron chi connectivity index (χ3n) is 14.2. The van der Waals surface area contributed by atoms with Gasteiger partial charge in [0, 0.05) is 17.8 Å². The molecular formula is C35H53O14-. The van der Waals surface area contributed by atoms with Crippen molar-refractivity contribution in [2.75, 3.05) is 19.8 Å². The molecule has 0 bridgehead atoms. The van der Waals surface area contributed by atoms with E-state index in [2.05, 4.69) is 13.8 Å². The molecule has 3 heterocycles. The van der Waals surface area contributed by atoms with Crippen molar-refractivity contribution in [2.45, 2.75) is 145 Å². The highest BCUT2D eigenvalue weighted by molar-refractivity contribution is 5.85. The fourth-order valence-electron chi connectivity index (χ4n) is 11.4. The molecule has 0 aromatic carbocycles. The Hall–Kier alpha value is -1.27. The van der Waals surface area contributed by atoms with Crippen LogP contribution in [0.5, 0.6) is 0 Å². The summed E-state index contributed by atoms with van der Waals surface area (Å²) < 4.78 is 27.9. The minimum absolute atomic E-state index is 0.0384. The quantitative estimate of drug-likeness (QED) is 0.152. The van der Waals surface area contributed by atoms with Crippen molar-refractivity contribution in [3.05, 3.63) is 11.6 Å². The van der Waals surface area contributed by atoms with Crippen molar-refractivity contribution in [1.82, 2.24) is 0 Å². The fourth-order valence-corrected chi connectivity index (χ4v) is 11.4. The molecule has 14 heteroatoms. The Bertz CT molecular complexity index is 1260. The molecule has 4 aliphatic carbocycles. The molecule has 0 radical (unpaired) electrons. The lowest BCUT2D eigenvalue weighted by molar-refractivity contribution is -0.541. The third kappa shape index (κ3) is 5.73. The number of carbonyl (C=O) groups is 1. The lowest BCUT2D eigenvalue weighted by Gasteiger charge is -2.64. The van der Waals surface area contributed by atoms with Gasteiger partial charge in [0.1, 0.15) is 55.4 Å². The van der Waals surface area contributed by atoms with Gasteiger partial charge in [-0.15, -0.1) is 0 Å². The Balaban J connectivity index is 1.02. The molecule has 2 saturated heterocycles. The topological polar surface area (TPSA) is 228 Å². The van der Waals surface area contributed by atoms with Crippen LogP contribution in [0.2, 0.25) is 0 Å². The van der Waals surface area contributed by atoms with Gasteiger partial charge in [0.25, 0.3) is 0 Å². The first-order valence-corrected chi connectivity index (χ1v) is 18.1. The van der Waals surface area contributed by atoms with Gasteiger partial charge in [-0.05, 0) is 92.4 Å². The average molecular weight is 698 g/mol. The summed E-state index contributed by atoms with van der Waals surface area (Å²) in [5.74, 6) is 0.582. The molecule has 0 spiro atoms. The van der Waals surface area contributed by atoms with Crippen molar-refractivity contribution in [2.24, 2.45) is 34.5 Å². The van der Waals surface area contributed by atoms with E-state index < -0.39 is 80.2 Å². The predicted molar refractivity (Wildman–Crippen MR) is 165 cm³/mol. The number of hydrogen-bond donors (Lipinski definition) is 7. The maximum Gasteiger partial charge on any atom is 0.331 e. The second kappa shape index (κ2) is 13.3. The Kier molecular flexibility index (Phi) is 9.80. The van der Waals surface area contributed by atoms with E-state index >= 15 is 0 Å². The first-order chi connectivity index (χ1) is 23.3. The standard InChI is InChI=1S/C35H53O14/c1-33-8-5-18(46-29-26(40)23(14-37)48-32(28(29)42)49-30-27(41)25(39)22(13-36)47-31(30)43)12-17(33)3-4-21-20(33)6-9-34(2)19(7-10-35(21,34)44)16-11-24(38)45-15-16/h11,17-23,25-32,36-37,39-42,44H,3-10,12-15H2,1-2H3/q-1/t17-,18+,19-,20+,21-,22-,23-,25-,26-,27+,28-,29+,30-,31+,32+,33+,34-,35+/m1/s1. The van der Waals surface area contributed by atoms with Gasteiger partial charge in [-0.25, -0.2) is 4.79 Å². The van der Waals surface area contributed by atoms with Gasteiger partial charge in [0.15, 0.2) is 6.29 Å². The Morgan fingerprint density at radius 3 is 2.27 bits per heavy atom. The molecule has 18 atom stereocenters. The van der Waals surface area contributed by atoms with E-state index in [0.29, 0.717) is 31.8 Å². The molecule has 0 amide bonds. The second-order valence-corrected chi connectivity index (χ2v) is 16.3. The first kappa shape index (κ1) is 36.1. The van der Waals surface area contributed by atoms with Gasteiger partial charge in [-0.2, -0.15) is 0 Å². The molecule has 0 unspecified atom stereocenters. The van der Waals surface area contributed by atoms with Crippen molar-refractivity contribution in [3.63, 3.8) is 0 Å². The minimum atomic E-state index is -2.01. The van der Waals surface area contributed by atoms with Gasteiger partial charge in [-0.3, -0.25) is 0 Å². The van der Waals surface area contributed by atoms with Crippen LogP contribution in [-0.4, -0.2) is 135 Å². The zero-order valence-electron chi connectivity index (χ0n) is 28.2. The summed E-state index contributed by atoms with van der Waals surface area (Å²) in [6.45, 7) is 3.54. The molecule has 7 aliphatic rings. The van der Waals surface area contributed by atoms with Crippen LogP contribution in [0.3, 0.4) is 0 Å². The molecule has 0 aromatic heterocycles. The maximum atomic E-state index is 12.6. The zero-order chi connectivity index (χ0) is 35.0. The number of ether oxygens (including phenoxy) is 5. The van der Waals surface area contributed by atoms with E-state index in [1.54, 1.807) is 6.08 Å². The summed E-state index contributed by atoms with van der Waals surface area (Å²) in [5.41, 5.74) is -0.173. The number of fused-ring (bicyclic) bond motifs is 5. The molecule has 278 valence electrons. The van der Waals surface area contributed by atoms with Crippen LogP contribution in [0.25, 0.3) is 0 Å². The molecule has 4 saturated carbocycles. The van der Waals surface area contributed by atoms with E-state index in [1.807, 2.05) is 0 Å². The van der Waals surface area contributed by atoms with Crippen LogP contribution in [0.15, 0.2) is 11.6 Å². The van der Waals surface area contributed by atoms with Crippen molar-refractivity contribution < 1.29 is 69.3 Å². The number of carbonyl (C=O) groups excluding carboxylic acids is 1. The fraction of sp³-hybridized carbons (Fsp3) is 0.914. The molecule has 49 heavy (non-hydrogen) atoms. The third-order valence-corrected chi connectivity index (χ3v) is 14.2. The Morgan fingerprint density at radius 2 is 1.57 bits per heavy atom. The van der Waals surface area contributed by atoms with Crippen molar-refractivity contribution >= 4 is 5.97 Å². The smallest absolute Gasteiger partial charge is 0.331 e. The van der Waals surface area contributed by atoms with E-state index in [0.717, 1.165) is 44.1 Å². The SMILES string of the molecule is C[C@]12CC[C@H](O[C@@H]3[C@@H](O)[C@H](O[C@@H]4[C@@H](O)[C@H](O)[C@@H](CO)O[C@@H]4[O-])O[C@H](CO)[C@H]3O)C[C@H]1CC[C@@H]1[C@@H]2CC[C@]2(C)[C@@H](C3=CC(=O)OC3)CC[C@]12O. The predicted octanol–water partition coefficient (Wildman–Crippen LogP) is -1.38. The van der Waals surface area contributed by atoms with Crippen LogP contribution >= 0.6 is 0 Å². The normalized spacial score (nSPS) is 54.4. The number of rotatable bonds is 7. The zero-order valence-corrected chi connectivity index (χ0v) is 28.2. The number of hydrogen-bond acceptors (Lipinski definition) is 14. The van der Waals surface area contributed by atoms with Crippen LogP contribution in [0.1, 0.15) is 71.6 Å². The highest BCUT2D eigenvalue weighted by atomic mass is 16.7. The molecular weight excluding hydrogens is 644 g/mol. The summed E-state index contributed by atoms with van der Waals surface area (Å²) >= 11 is 0. The van der Waals surface area contributed by atoms with Crippen molar-refractivity contribution in [3.8, 4) is 0 Å². The molecule has 14 nitrogen and oxygen atoms in total. The molecule has 7 N–H and O–H groups in total. The number of cyclic esters (lactones) is 1. The maximum absolute atomic E-state index is 12.6. The summed E-state index contributed by atoms with van der Waals surface area (Å²) in [7, 11) is 0. The van der Waals surface area contributed by atoms with Crippen LogP contribution < -0.4 is 5.11 Å². The van der Waals surface area contributed by atoms with Crippen LogP contribution in [0, 0.1) is 34.5 Å². The molecule has 7 rings (SSSR count). The van der Waals surface area contributed by atoms with E-state index in [4.69, 9.17) is 23.7 Å². The Labute approximate surface area is 285 Å². The number of aliphatic hydroxyl groups excluding tert-OH is 6. The largest absolute Gasteiger partial charge is 0.829 e. The van der Waals surface area contributed by atoms with Crippen molar-refractivity contribution in [1.29, 1.82) is 0 Å². The summed E-state index contributed by atoms with van der Waals surface area (Å²) in [5, 5.41) is 87.6. The monoisotopic (exact) mass is 697 g/mol. The van der Waals surface area contributed by atoms with E-state index in [1.165, 1.54) is 0 Å². The van der Waals surface area contributed by atoms with Gasteiger partial charge in [0.2, 0.25) is 0 Å². The summed E-state index contributed by atoms with van der Waals surface area (Å²) in [6, 6.07) is 0. The average Bonchev–Trinajstić information content (AvgIpc) is 3.63. The second-order valence-electron chi connectivity index (χ2n) is 16.3. The highest BCUT2D eigenvalue weighted by Crippen LogP contribution is 2.70. The van der Waals surface area contributed by atoms with E-state index in [9.17, 15) is 45.6 Å². The lowest BCUT2D eigenvalue weighted by atomic mass is 9.43. The first-order valence-electron chi connectivity index (χ1n) is 18.1. The minimum Gasteiger partial charge on any atom is -0.829 e. The van der Waals surface area contributed by atoms with Gasteiger partial charge >= 0.3 is 5.97 Å². The lowest BCUT2D eigenvalue weighted by Crippen LogP contribution is -2.67. The van der Waals surface area contributed by atoms with Crippen LogP contribution in [-0.2, 0) is 28.5 Å². The number of esters is 1. The van der Waals surface area contributed by atoms with Gasteiger partial charge < -0.3 is 64.5 Å². The molecule has 6 fully saturated rings. The summed E-state index contributed by atoms with van der Waals surface area (Å²) in [6.07, 6.45) is -6.80. The number of aliphatic hydroxyl groups is 7. The van der Waals surface area contributed by atoms with Gasteiger partial charge in [-0.1, -0.05) is 13.8 Å². The Morgan fingerprint density at radius 1 is 0.837 bits per heavy atom. The van der Waals surface area contributed by atoms with E-state index in [-0.39, 0.29) is 40.7 Å².